The highest BCUT2D eigenvalue weighted by atomic mass is 19.3. The Morgan fingerprint density at radius 3 is 2.48 bits per heavy atom. The Hall–Kier alpha value is -2.12. The minimum Gasteiger partial charge on any atom is -0.481 e. The van der Waals surface area contributed by atoms with Crippen LogP contribution in [0.25, 0.3) is 0 Å². The SMILES string of the molecule is O=C(O)C1CN(C(=O)C(F)(F)C(F)F)Cc2ccccc21. The first-order valence-corrected chi connectivity index (χ1v) is 6.01. The fraction of sp³-hybridized carbons (Fsp3) is 0.385. The fourth-order valence-corrected chi connectivity index (χ4v) is 2.28. The highest BCUT2D eigenvalue weighted by Crippen LogP contribution is 2.32. The summed E-state index contributed by atoms with van der Waals surface area (Å²) >= 11 is 0. The molecule has 1 aromatic rings. The van der Waals surface area contributed by atoms with E-state index >= 15 is 0 Å². The topological polar surface area (TPSA) is 57.6 Å². The van der Waals surface area contributed by atoms with Gasteiger partial charge in [-0.05, 0) is 11.1 Å². The molecule has 2 rings (SSSR count). The molecule has 0 fully saturated rings. The average Bonchev–Trinajstić information content (AvgIpc) is 2.44. The van der Waals surface area contributed by atoms with Crippen LogP contribution in [0.4, 0.5) is 17.6 Å². The molecule has 1 atom stereocenters. The maximum absolute atomic E-state index is 13.1. The Balaban J connectivity index is 2.34. The molecule has 0 aromatic heterocycles. The van der Waals surface area contributed by atoms with Crippen molar-refractivity contribution in [1.82, 2.24) is 4.90 Å². The number of amides is 1. The van der Waals surface area contributed by atoms with Crippen LogP contribution in [0.2, 0.25) is 0 Å². The molecule has 21 heavy (non-hydrogen) atoms. The van der Waals surface area contributed by atoms with Crippen LogP contribution in [-0.2, 0) is 16.1 Å². The summed E-state index contributed by atoms with van der Waals surface area (Å²) in [6, 6.07) is 6.13. The van der Waals surface area contributed by atoms with E-state index in [1.165, 1.54) is 12.1 Å². The third kappa shape index (κ3) is 2.70. The molecule has 114 valence electrons. The van der Waals surface area contributed by atoms with Gasteiger partial charge in [-0.1, -0.05) is 24.3 Å². The number of fused-ring (bicyclic) bond motifs is 1. The summed E-state index contributed by atoms with van der Waals surface area (Å²) in [6.45, 7) is -0.880. The lowest BCUT2D eigenvalue weighted by molar-refractivity contribution is -0.182. The van der Waals surface area contributed by atoms with Gasteiger partial charge in [0.25, 0.3) is 5.91 Å². The zero-order valence-electron chi connectivity index (χ0n) is 10.6. The van der Waals surface area contributed by atoms with Crippen LogP contribution < -0.4 is 0 Å². The highest BCUT2D eigenvalue weighted by Gasteiger charge is 2.52. The Kier molecular flexibility index (Phi) is 3.89. The van der Waals surface area contributed by atoms with Crippen molar-refractivity contribution < 1.29 is 32.3 Å². The molecule has 0 saturated carbocycles. The number of carboxylic acids is 1. The molecular weight excluding hydrogens is 294 g/mol. The lowest BCUT2D eigenvalue weighted by atomic mass is 9.89. The summed E-state index contributed by atoms with van der Waals surface area (Å²) in [4.78, 5) is 23.2. The molecule has 0 aliphatic carbocycles. The second kappa shape index (κ2) is 5.34. The first kappa shape index (κ1) is 15.3. The van der Waals surface area contributed by atoms with Crippen molar-refractivity contribution >= 4 is 11.9 Å². The van der Waals surface area contributed by atoms with Gasteiger partial charge in [-0.25, -0.2) is 8.78 Å². The van der Waals surface area contributed by atoms with Gasteiger partial charge in [-0.15, -0.1) is 0 Å². The second-order valence-corrected chi connectivity index (χ2v) is 4.70. The number of hydrogen-bond donors (Lipinski definition) is 1. The van der Waals surface area contributed by atoms with Crippen LogP contribution in [0, 0.1) is 0 Å². The monoisotopic (exact) mass is 305 g/mol. The predicted molar refractivity (Wildman–Crippen MR) is 63.2 cm³/mol. The number of aliphatic carboxylic acids is 1. The molecular formula is C13H11F4NO3. The summed E-state index contributed by atoms with van der Waals surface area (Å²) in [5, 5.41) is 9.12. The third-order valence-corrected chi connectivity index (χ3v) is 3.34. The molecule has 1 amide bonds. The normalized spacial score (nSPS) is 18.5. The molecule has 1 heterocycles. The predicted octanol–water partition coefficient (Wildman–Crippen LogP) is 2.10. The summed E-state index contributed by atoms with van der Waals surface area (Å²) in [5.74, 6) is -9.40. The van der Waals surface area contributed by atoms with Crippen molar-refractivity contribution in [1.29, 1.82) is 0 Å². The number of carboxylic acid groups (broad SMARTS) is 1. The number of benzene rings is 1. The highest BCUT2D eigenvalue weighted by molar-refractivity contribution is 5.86. The van der Waals surface area contributed by atoms with Gasteiger partial charge in [0.05, 0.1) is 5.92 Å². The number of carbonyl (C=O) groups is 2. The number of nitrogens with zero attached hydrogens (tertiary/aromatic N) is 1. The quantitative estimate of drug-likeness (QED) is 0.870. The molecule has 1 aromatic carbocycles. The average molecular weight is 305 g/mol. The third-order valence-electron chi connectivity index (χ3n) is 3.34. The smallest absolute Gasteiger partial charge is 0.383 e. The van der Waals surface area contributed by atoms with Crippen molar-refractivity contribution in [2.75, 3.05) is 6.54 Å². The fourth-order valence-electron chi connectivity index (χ4n) is 2.28. The van der Waals surface area contributed by atoms with Gasteiger partial charge < -0.3 is 10.0 Å². The summed E-state index contributed by atoms with van der Waals surface area (Å²) in [7, 11) is 0. The number of rotatable bonds is 3. The van der Waals surface area contributed by atoms with E-state index in [0.717, 1.165) is 0 Å². The second-order valence-electron chi connectivity index (χ2n) is 4.70. The molecule has 0 saturated heterocycles. The van der Waals surface area contributed by atoms with Crippen LogP contribution in [0.5, 0.6) is 0 Å². The molecule has 8 heteroatoms. The summed E-state index contributed by atoms with van der Waals surface area (Å²) in [5.41, 5.74) is 0.754. The molecule has 1 aliphatic rings. The summed E-state index contributed by atoms with van der Waals surface area (Å²) < 4.78 is 50.8. The number of hydrogen-bond acceptors (Lipinski definition) is 2. The molecule has 1 N–H and O–H groups in total. The van der Waals surface area contributed by atoms with Gasteiger partial charge in [0, 0.05) is 13.1 Å². The van der Waals surface area contributed by atoms with E-state index in [1.807, 2.05) is 0 Å². The zero-order chi connectivity index (χ0) is 15.8. The van der Waals surface area contributed by atoms with E-state index in [-0.39, 0.29) is 6.54 Å². The minimum absolute atomic E-state index is 0.318. The van der Waals surface area contributed by atoms with Crippen LogP contribution in [-0.4, -0.2) is 40.8 Å². The van der Waals surface area contributed by atoms with Gasteiger partial charge in [-0.3, -0.25) is 9.59 Å². The minimum atomic E-state index is -4.82. The number of halogens is 4. The van der Waals surface area contributed by atoms with E-state index in [1.54, 1.807) is 12.1 Å². The van der Waals surface area contributed by atoms with Crippen molar-refractivity contribution in [2.24, 2.45) is 0 Å². The number of alkyl halides is 4. The lowest BCUT2D eigenvalue weighted by Crippen LogP contribution is -2.50. The van der Waals surface area contributed by atoms with Gasteiger partial charge in [-0.2, -0.15) is 8.78 Å². The molecule has 0 radical (unpaired) electrons. The standard InChI is InChI=1S/C13H11F4NO3/c14-11(15)13(16,17)12(21)18-5-7-3-1-2-4-8(7)9(6-18)10(19)20/h1-4,9,11H,5-6H2,(H,19,20). The van der Waals surface area contributed by atoms with E-state index in [2.05, 4.69) is 0 Å². The van der Waals surface area contributed by atoms with E-state index < -0.39 is 36.7 Å². The molecule has 1 aliphatic heterocycles. The molecule has 4 nitrogen and oxygen atoms in total. The van der Waals surface area contributed by atoms with Gasteiger partial charge >= 0.3 is 18.3 Å². The first-order valence-electron chi connectivity index (χ1n) is 6.01. The largest absolute Gasteiger partial charge is 0.481 e. The molecule has 1 unspecified atom stereocenters. The van der Waals surface area contributed by atoms with E-state index in [0.29, 0.717) is 16.0 Å². The number of carbonyl (C=O) groups excluding carboxylic acids is 1. The summed E-state index contributed by atoms with van der Waals surface area (Å²) in [6.07, 6.45) is -4.13. The molecule has 0 spiro atoms. The van der Waals surface area contributed by atoms with E-state index in [9.17, 15) is 27.2 Å². The van der Waals surface area contributed by atoms with E-state index in [4.69, 9.17) is 5.11 Å². The van der Waals surface area contributed by atoms with Crippen LogP contribution in [0.3, 0.4) is 0 Å². The van der Waals surface area contributed by atoms with Crippen LogP contribution in [0.1, 0.15) is 17.0 Å². The van der Waals surface area contributed by atoms with Crippen molar-refractivity contribution in [3.8, 4) is 0 Å². The van der Waals surface area contributed by atoms with Crippen LogP contribution in [0.15, 0.2) is 24.3 Å². The Bertz CT molecular complexity index is 576. The van der Waals surface area contributed by atoms with Crippen molar-refractivity contribution in [3.05, 3.63) is 35.4 Å². The Morgan fingerprint density at radius 2 is 1.90 bits per heavy atom. The van der Waals surface area contributed by atoms with Crippen molar-refractivity contribution in [3.63, 3.8) is 0 Å². The van der Waals surface area contributed by atoms with Gasteiger partial charge in [0.15, 0.2) is 0 Å². The van der Waals surface area contributed by atoms with Gasteiger partial charge in [0.2, 0.25) is 0 Å². The molecule has 0 bridgehead atoms. The Labute approximate surface area is 117 Å². The van der Waals surface area contributed by atoms with Crippen molar-refractivity contribution in [2.45, 2.75) is 24.8 Å². The Morgan fingerprint density at radius 1 is 1.29 bits per heavy atom. The lowest BCUT2D eigenvalue weighted by Gasteiger charge is -2.34. The zero-order valence-corrected chi connectivity index (χ0v) is 10.6. The maximum Gasteiger partial charge on any atom is 0.383 e. The van der Waals surface area contributed by atoms with Gasteiger partial charge in [0.1, 0.15) is 0 Å². The van der Waals surface area contributed by atoms with Crippen LogP contribution >= 0.6 is 0 Å². The first-order chi connectivity index (χ1) is 9.75. The maximum atomic E-state index is 13.1.